The Morgan fingerprint density at radius 2 is 1.91 bits per heavy atom. The lowest BCUT2D eigenvalue weighted by Gasteiger charge is -2.23. The van der Waals surface area contributed by atoms with Gasteiger partial charge in [0, 0.05) is 24.7 Å². The fourth-order valence-corrected chi connectivity index (χ4v) is 2.23. The zero-order valence-electron chi connectivity index (χ0n) is 13.0. The zero-order valence-corrected chi connectivity index (χ0v) is 13.0. The van der Waals surface area contributed by atoms with Crippen molar-refractivity contribution >= 4 is 17.4 Å². The summed E-state index contributed by atoms with van der Waals surface area (Å²) in [4.78, 5) is 12.5. The summed E-state index contributed by atoms with van der Waals surface area (Å²) in [6.45, 7) is 4.94. The van der Waals surface area contributed by atoms with Crippen LogP contribution in [0, 0.1) is 19.8 Å². The second-order valence-electron chi connectivity index (χ2n) is 5.45. The van der Waals surface area contributed by atoms with Crippen LogP contribution >= 0.6 is 0 Å². The van der Waals surface area contributed by atoms with Gasteiger partial charge in [0.05, 0.1) is 5.92 Å². The van der Waals surface area contributed by atoms with Gasteiger partial charge in [-0.3, -0.25) is 4.79 Å². The Kier molecular flexibility index (Phi) is 4.18. The van der Waals surface area contributed by atoms with Gasteiger partial charge in [0.2, 0.25) is 0 Å². The number of alkyl halides is 3. The first-order valence-electron chi connectivity index (χ1n) is 6.77. The highest BCUT2D eigenvalue weighted by molar-refractivity contribution is 5.70. The third kappa shape index (κ3) is 3.06. The van der Waals surface area contributed by atoms with Crippen molar-refractivity contribution in [3.63, 3.8) is 0 Å². The van der Waals surface area contributed by atoms with E-state index in [9.17, 15) is 18.0 Å². The highest BCUT2D eigenvalue weighted by Crippen LogP contribution is 2.30. The number of fused-ring (bicyclic) bond motifs is 1. The molecule has 0 aliphatic carbocycles. The van der Waals surface area contributed by atoms with Gasteiger partial charge in [0.25, 0.3) is 5.82 Å². The van der Waals surface area contributed by atoms with Crippen molar-refractivity contribution < 1.29 is 23.1 Å². The van der Waals surface area contributed by atoms with Crippen LogP contribution in [0.1, 0.15) is 23.9 Å². The van der Waals surface area contributed by atoms with Crippen LogP contribution in [0.15, 0.2) is 0 Å². The number of aromatic nitrogens is 4. The minimum Gasteiger partial charge on any atom is -0.481 e. The third-order valence-electron chi connectivity index (χ3n) is 3.65. The molecule has 2 rings (SSSR count). The number of hydrogen-bond donors (Lipinski definition) is 1. The Bertz CT molecular complexity index is 756. The van der Waals surface area contributed by atoms with Gasteiger partial charge in [-0.1, -0.05) is 6.92 Å². The molecule has 0 fully saturated rings. The lowest BCUT2D eigenvalue weighted by atomic mass is 10.1. The average Bonchev–Trinajstić information content (AvgIpc) is 2.86. The smallest absolute Gasteiger partial charge is 0.453 e. The van der Waals surface area contributed by atoms with E-state index in [0.717, 1.165) is 0 Å². The molecule has 2 heterocycles. The largest absolute Gasteiger partial charge is 0.481 e. The number of halogens is 3. The Labute approximate surface area is 129 Å². The Morgan fingerprint density at radius 3 is 2.43 bits per heavy atom. The van der Waals surface area contributed by atoms with Crippen LogP contribution in [-0.2, 0) is 11.0 Å². The molecule has 0 radical (unpaired) electrons. The number of aliphatic carboxylic acids is 1. The van der Waals surface area contributed by atoms with Gasteiger partial charge in [0.1, 0.15) is 0 Å². The Balaban J connectivity index is 2.56. The van der Waals surface area contributed by atoms with Crippen LogP contribution in [0.5, 0.6) is 0 Å². The quantitative estimate of drug-likeness (QED) is 0.921. The molecule has 1 atom stereocenters. The van der Waals surface area contributed by atoms with Crippen LogP contribution in [0.3, 0.4) is 0 Å². The maximum absolute atomic E-state index is 13.0. The molecule has 2 aromatic heterocycles. The lowest BCUT2D eigenvalue weighted by molar-refractivity contribution is -0.146. The van der Waals surface area contributed by atoms with Crippen LogP contribution < -0.4 is 4.90 Å². The van der Waals surface area contributed by atoms with E-state index in [1.807, 2.05) is 0 Å². The maximum atomic E-state index is 13.0. The van der Waals surface area contributed by atoms with Crippen LogP contribution in [-0.4, -0.2) is 44.5 Å². The number of nitrogens with zero attached hydrogens (tertiary/aromatic N) is 5. The summed E-state index contributed by atoms with van der Waals surface area (Å²) in [6.07, 6.45) is -4.68. The van der Waals surface area contributed by atoms with E-state index in [-0.39, 0.29) is 18.0 Å². The normalized spacial score (nSPS) is 13.3. The molecular formula is C13H16F3N5O2. The van der Waals surface area contributed by atoms with E-state index < -0.39 is 23.9 Å². The zero-order chi connectivity index (χ0) is 17.5. The lowest BCUT2D eigenvalue weighted by Crippen LogP contribution is -2.30. The van der Waals surface area contributed by atoms with E-state index in [1.165, 1.54) is 11.8 Å². The van der Waals surface area contributed by atoms with Crippen molar-refractivity contribution in [2.75, 3.05) is 18.5 Å². The molecule has 0 aliphatic rings. The van der Waals surface area contributed by atoms with Crippen LogP contribution in [0.2, 0.25) is 0 Å². The first kappa shape index (κ1) is 17.0. The molecule has 126 valence electrons. The summed E-state index contributed by atoms with van der Waals surface area (Å²) in [5.74, 6) is -2.64. The number of aryl methyl sites for hydroxylation is 1. The van der Waals surface area contributed by atoms with Crippen molar-refractivity contribution in [1.82, 2.24) is 19.8 Å². The molecule has 0 aliphatic heterocycles. The number of rotatable bonds is 4. The molecule has 23 heavy (non-hydrogen) atoms. The number of anilines is 1. The molecule has 0 aromatic carbocycles. The van der Waals surface area contributed by atoms with Gasteiger partial charge in [0.15, 0.2) is 11.5 Å². The predicted molar refractivity (Wildman–Crippen MR) is 75.3 cm³/mol. The van der Waals surface area contributed by atoms with Gasteiger partial charge in [-0.25, -0.2) is 0 Å². The molecule has 0 spiro atoms. The first-order valence-corrected chi connectivity index (χ1v) is 6.77. The van der Waals surface area contributed by atoms with Gasteiger partial charge in [-0.05, 0) is 13.8 Å². The second-order valence-corrected chi connectivity index (χ2v) is 5.45. The van der Waals surface area contributed by atoms with Gasteiger partial charge in [-0.2, -0.15) is 17.7 Å². The van der Waals surface area contributed by atoms with E-state index in [4.69, 9.17) is 5.11 Å². The molecule has 10 heteroatoms. The highest BCUT2D eigenvalue weighted by Gasteiger charge is 2.38. The van der Waals surface area contributed by atoms with E-state index in [2.05, 4.69) is 15.3 Å². The average molecular weight is 331 g/mol. The number of carbonyl (C=O) groups is 1. The highest BCUT2D eigenvalue weighted by atomic mass is 19.4. The summed E-state index contributed by atoms with van der Waals surface area (Å²) < 4.78 is 39.6. The third-order valence-corrected chi connectivity index (χ3v) is 3.65. The van der Waals surface area contributed by atoms with Gasteiger partial charge >= 0.3 is 12.1 Å². The predicted octanol–water partition coefficient (Wildman–Crippen LogP) is 1.92. The molecule has 0 saturated heterocycles. The molecule has 1 unspecified atom stereocenters. The van der Waals surface area contributed by atoms with Crippen molar-refractivity contribution in [3.05, 3.63) is 17.0 Å². The Morgan fingerprint density at radius 1 is 1.30 bits per heavy atom. The summed E-state index contributed by atoms with van der Waals surface area (Å²) in [5.41, 5.74) is 1.16. The Hall–Kier alpha value is -2.39. The summed E-state index contributed by atoms with van der Waals surface area (Å²) in [5, 5.41) is 19.7. The molecule has 0 saturated carbocycles. The minimum absolute atomic E-state index is 0.0262. The standard InChI is InChI=1S/C13H16F3N5O2/c1-6(11(22)23)5-20(4)10-8(3)7(2)9-17-18-12(13(14,15)16)21(9)19-10/h6H,5H2,1-4H3,(H,22,23). The SMILES string of the molecule is Cc1c(N(C)CC(C)C(=O)O)nn2c(C(F)(F)F)nnc2c1C. The number of carboxylic acids is 1. The maximum Gasteiger partial charge on any atom is 0.453 e. The summed E-state index contributed by atoms with van der Waals surface area (Å²) >= 11 is 0. The fraction of sp³-hybridized carbons (Fsp3) is 0.538. The summed E-state index contributed by atoms with van der Waals surface area (Å²) in [7, 11) is 1.58. The van der Waals surface area contributed by atoms with Crippen molar-refractivity contribution in [2.45, 2.75) is 26.9 Å². The van der Waals surface area contributed by atoms with Crippen LogP contribution in [0.4, 0.5) is 19.0 Å². The van der Waals surface area contributed by atoms with Gasteiger partial charge in [-0.15, -0.1) is 15.3 Å². The van der Waals surface area contributed by atoms with E-state index in [1.54, 1.807) is 20.9 Å². The fourth-order valence-electron chi connectivity index (χ4n) is 2.23. The van der Waals surface area contributed by atoms with E-state index in [0.29, 0.717) is 15.6 Å². The van der Waals surface area contributed by atoms with Crippen molar-refractivity contribution in [3.8, 4) is 0 Å². The topological polar surface area (TPSA) is 83.6 Å². The van der Waals surface area contributed by atoms with Crippen LogP contribution in [0.25, 0.3) is 5.65 Å². The van der Waals surface area contributed by atoms with Crippen molar-refractivity contribution in [2.24, 2.45) is 5.92 Å². The van der Waals surface area contributed by atoms with Gasteiger partial charge < -0.3 is 10.0 Å². The summed E-state index contributed by atoms with van der Waals surface area (Å²) in [6, 6.07) is 0. The molecule has 7 nitrogen and oxygen atoms in total. The second kappa shape index (κ2) is 5.67. The molecule has 1 N–H and O–H groups in total. The molecular weight excluding hydrogens is 315 g/mol. The monoisotopic (exact) mass is 331 g/mol. The number of hydrogen-bond acceptors (Lipinski definition) is 5. The first-order chi connectivity index (χ1) is 10.5. The molecule has 0 amide bonds. The van der Waals surface area contributed by atoms with E-state index >= 15 is 0 Å². The molecule has 2 aromatic rings. The molecule has 0 bridgehead atoms. The van der Waals surface area contributed by atoms with Crippen molar-refractivity contribution in [1.29, 1.82) is 0 Å². The number of carboxylic acid groups (broad SMARTS) is 1. The minimum atomic E-state index is -4.68.